The number of fused-ring (bicyclic) bond motifs is 4. The van der Waals surface area contributed by atoms with Gasteiger partial charge in [0.05, 0.1) is 42.3 Å². The summed E-state index contributed by atoms with van der Waals surface area (Å²) in [6.07, 6.45) is 1.44. The van der Waals surface area contributed by atoms with E-state index < -0.39 is 17.5 Å². The number of aromatic nitrogens is 1. The average Bonchev–Trinajstić information content (AvgIpc) is 3.33. The summed E-state index contributed by atoms with van der Waals surface area (Å²) in [5, 5.41) is 32.0. The lowest BCUT2D eigenvalue weighted by molar-refractivity contribution is -0.203. The SMILES string of the molecule is CC[C@]1(O)C2=C(COC1O)CN1Cc3c(nc4cc(F)c(C)c5c4c3C(C)(OCCO)C5)C1=C2. The molecule has 2 aromatic rings. The molecule has 0 spiro atoms. The quantitative estimate of drug-likeness (QED) is 0.634. The molecule has 3 atom stereocenters. The molecule has 0 saturated heterocycles. The van der Waals surface area contributed by atoms with Gasteiger partial charge < -0.3 is 29.7 Å². The second-order valence-corrected chi connectivity index (χ2v) is 9.99. The molecule has 7 nitrogen and oxygen atoms in total. The van der Waals surface area contributed by atoms with E-state index in [1.54, 1.807) is 6.92 Å². The third kappa shape index (κ3) is 2.77. The van der Waals surface area contributed by atoms with Crippen LogP contribution in [-0.2, 0) is 28.0 Å². The first-order valence-corrected chi connectivity index (χ1v) is 11.8. The van der Waals surface area contributed by atoms with Crippen molar-refractivity contribution in [3.8, 4) is 0 Å². The van der Waals surface area contributed by atoms with Crippen molar-refractivity contribution in [2.24, 2.45) is 0 Å². The molecule has 0 radical (unpaired) electrons. The van der Waals surface area contributed by atoms with Gasteiger partial charge in [-0.2, -0.15) is 0 Å². The highest BCUT2D eigenvalue weighted by Gasteiger charge is 2.48. The molecule has 1 aliphatic carbocycles. The second kappa shape index (κ2) is 7.32. The molecule has 1 aromatic carbocycles. The molecule has 180 valence electrons. The fourth-order valence-corrected chi connectivity index (χ4v) is 6.25. The normalized spacial score (nSPS) is 29.4. The summed E-state index contributed by atoms with van der Waals surface area (Å²) in [7, 11) is 0. The predicted octanol–water partition coefficient (Wildman–Crippen LogP) is 2.42. The highest BCUT2D eigenvalue weighted by molar-refractivity contribution is 5.94. The Morgan fingerprint density at radius 1 is 1.32 bits per heavy atom. The minimum Gasteiger partial charge on any atom is -0.394 e. The molecule has 3 N–H and O–H groups in total. The summed E-state index contributed by atoms with van der Waals surface area (Å²) >= 11 is 0. The van der Waals surface area contributed by atoms with Gasteiger partial charge in [0.2, 0.25) is 0 Å². The van der Waals surface area contributed by atoms with Gasteiger partial charge in [0.25, 0.3) is 0 Å². The summed E-state index contributed by atoms with van der Waals surface area (Å²) in [5.74, 6) is -0.294. The van der Waals surface area contributed by atoms with Gasteiger partial charge >= 0.3 is 0 Å². The van der Waals surface area contributed by atoms with Gasteiger partial charge in [0.1, 0.15) is 11.4 Å². The van der Waals surface area contributed by atoms with E-state index in [1.807, 2.05) is 19.9 Å². The van der Waals surface area contributed by atoms with Crippen LogP contribution in [0.1, 0.15) is 48.2 Å². The van der Waals surface area contributed by atoms with E-state index in [9.17, 15) is 19.7 Å². The average molecular weight is 469 g/mol. The fourth-order valence-electron chi connectivity index (χ4n) is 6.25. The van der Waals surface area contributed by atoms with Crippen LogP contribution in [-0.4, -0.2) is 63.5 Å². The van der Waals surface area contributed by atoms with E-state index in [0.717, 1.165) is 39.0 Å². The van der Waals surface area contributed by atoms with Gasteiger partial charge in [-0.1, -0.05) is 6.92 Å². The van der Waals surface area contributed by atoms with Crippen LogP contribution in [0.15, 0.2) is 23.3 Å². The van der Waals surface area contributed by atoms with Gasteiger partial charge in [0.15, 0.2) is 6.29 Å². The number of pyridine rings is 1. The number of aliphatic hydroxyl groups is 3. The summed E-state index contributed by atoms with van der Waals surface area (Å²) < 4.78 is 26.6. The molecule has 0 amide bonds. The monoisotopic (exact) mass is 468 g/mol. The van der Waals surface area contributed by atoms with Crippen LogP contribution in [0.5, 0.6) is 0 Å². The fraction of sp³-hybridized carbons (Fsp3) is 0.500. The molecule has 6 rings (SSSR count). The number of halogens is 1. The molecule has 3 aliphatic heterocycles. The van der Waals surface area contributed by atoms with Gasteiger partial charge in [-0.3, -0.25) is 0 Å². The summed E-state index contributed by atoms with van der Waals surface area (Å²) in [6.45, 7) is 7.12. The van der Waals surface area contributed by atoms with Crippen molar-refractivity contribution in [1.82, 2.24) is 9.88 Å². The molecule has 0 bridgehead atoms. The Labute approximate surface area is 197 Å². The third-order valence-corrected chi connectivity index (χ3v) is 8.06. The van der Waals surface area contributed by atoms with Crippen molar-refractivity contribution < 1.29 is 29.2 Å². The van der Waals surface area contributed by atoms with Crippen LogP contribution < -0.4 is 0 Å². The van der Waals surface area contributed by atoms with E-state index in [2.05, 4.69) is 4.90 Å². The zero-order valence-electron chi connectivity index (χ0n) is 19.6. The minimum atomic E-state index is -1.49. The van der Waals surface area contributed by atoms with Crippen LogP contribution in [0.3, 0.4) is 0 Å². The topological polar surface area (TPSA) is 95.3 Å². The molecule has 34 heavy (non-hydrogen) atoms. The Morgan fingerprint density at radius 2 is 2.12 bits per heavy atom. The lowest BCUT2D eigenvalue weighted by Gasteiger charge is -2.42. The van der Waals surface area contributed by atoms with Crippen LogP contribution in [0.2, 0.25) is 0 Å². The molecule has 1 aromatic heterocycles. The number of rotatable bonds is 4. The van der Waals surface area contributed by atoms with E-state index in [4.69, 9.17) is 14.5 Å². The van der Waals surface area contributed by atoms with E-state index in [0.29, 0.717) is 42.6 Å². The van der Waals surface area contributed by atoms with Crippen molar-refractivity contribution in [2.45, 2.75) is 57.6 Å². The van der Waals surface area contributed by atoms with Crippen LogP contribution in [0.25, 0.3) is 16.6 Å². The van der Waals surface area contributed by atoms with Gasteiger partial charge in [-0.15, -0.1) is 0 Å². The molecular formula is C26H29FN2O5. The summed E-state index contributed by atoms with van der Waals surface area (Å²) in [5.41, 5.74) is 5.18. The molecule has 0 fully saturated rings. The van der Waals surface area contributed by atoms with Crippen molar-refractivity contribution >= 4 is 16.6 Å². The maximum absolute atomic E-state index is 14.9. The zero-order valence-corrected chi connectivity index (χ0v) is 19.6. The Hall–Kier alpha value is -2.36. The van der Waals surface area contributed by atoms with Gasteiger partial charge in [0, 0.05) is 42.1 Å². The number of nitrogens with zero attached hydrogens (tertiary/aromatic N) is 2. The van der Waals surface area contributed by atoms with Crippen LogP contribution >= 0.6 is 0 Å². The molecule has 0 saturated carbocycles. The Kier molecular flexibility index (Phi) is 4.76. The Morgan fingerprint density at radius 3 is 2.85 bits per heavy atom. The molecule has 4 heterocycles. The highest BCUT2D eigenvalue weighted by Crippen LogP contribution is 2.51. The second-order valence-electron chi connectivity index (χ2n) is 9.99. The van der Waals surface area contributed by atoms with Crippen LogP contribution in [0, 0.1) is 12.7 Å². The Balaban J connectivity index is 1.58. The number of aliphatic hydroxyl groups excluding tert-OH is 2. The highest BCUT2D eigenvalue weighted by atomic mass is 19.1. The zero-order chi connectivity index (χ0) is 24.0. The molecular weight excluding hydrogens is 439 g/mol. The van der Waals surface area contributed by atoms with Crippen molar-refractivity contribution in [2.75, 3.05) is 26.4 Å². The lowest BCUT2D eigenvalue weighted by Crippen LogP contribution is -2.50. The van der Waals surface area contributed by atoms with Gasteiger partial charge in [-0.25, -0.2) is 9.37 Å². The minimum absolute atomic E-state index is 0.0957. The first-order valence-electron chi connectivity index (χ1n) is 11.8. The first-order chi connectivity index (χ1) is 16.2. The lowest BCUT2D eigenvalue weighted by atomic mass is 9.82. The Bertz CT molecular complexity index is 1300. The molecule has 2 unspecified atom stereocenters. The van der Waals surface area contributed by atoms with Crippen molar-refractivity contribution in [1.29, 1.82) is 0 Å². The van der Waals surface area contributed by atoms with Crippen molar-refractivity contribution in [3.63, 3.8) is 0 Å². The molecule has 8 heteroatoms. The van der Waals surface area contributed by atoms with E-state index in [-0.39, 0.29) is 25.6 Å². The predicted molar refractivity (Wildman–Crippen MR) is 123 cm³/mol. The largest absolute Gasteiger partial charge is 0.394 e. The smallest absolute Gasteiger partial charge is 0.188 e. The number of ether oxygens (including phenoxy) is 2. The maximum Gasteiger partial charge on any atom is 0.188 e. The number of hydrogen-bond acceptors (Lipinski definition) is 7. The number of benzene rings is 1. The van der Waals surface area contributed by atoms with Crippen LogP contribution in [0.4, 0.5) is 4.39 Å². The standard InChI is InChI=1S/C26H29FN2O5/c1-4-26(32)17-7-20-23-16(11-29(20)10-14(17)12-33-24(26)31)22-21-15(9-25(22,3)34-6-5-30)13(2)18(27)8-19(21)28-23/h7-8,24,30-32H,4-6,9-12H2,1-3H3/t24?,25?,26-/m0/s1. The summed E-state index contributed by atoms with van der Waals surface area (Å²) in [6, 6.07) is 1.49. The number of hydrogen-bond donors (Lipinski definition) is 3. The summed E-state index contributed by atoms with van der Waals surface area (Å²) in [4.78, 5) is 7.12. The van der Waals surface area contributed by atoms with Crippen molar-refractivity contribution in [3.05, 3.63) is 57.1 Å². The van der Waals surface area contributed by atoms with Gasteiger partial charge in [-0.05, 0) is 48.6 Å². The van der Waals surface area contributed by atoms with E-state index in [1.165, 1.54) is 6.07 Å². The van der Waals surface area contributed by atoms with E-state index >= 15 is 0 Å². The third-order valence-electron chi connectivity index (χ3n) is 8.06. The maximum atomic E-state index is 14.9. The first kappa shape index (κ1) is 22.1. The molecule has 4 aliphatic rings.